The van der Waals surface area contributed by atoms with Gasteiger partial charge in [-0.1, -0.05) is 35.9 Å². The summed E-state index contributed by atoms with van der Waals surface area (Å²) < 4.78 is 25.9. The highest BCUT2D eigenvalue weighted by atomic mass is 35.5. The number of rotatable bonds is 7. The number of benzene rings is 2. The van der Waals surface area contributed by atoms with Gasteiger partial charge in [-0.2, -0.15) is 4.31 Å². The summed E-state index contributed by atoms with van der Waals surface area (Å²) in [6.45, 7) is 4.11. The summed E-state index contributed by atoms with van der Waals surface area (Å²) in [6.07, 6.45) is 1.51. The summed E-state index contributed by atoms with van der Waals surface area (Å²) in [4.78, 5) is 14.0. The molecule has 0 spiro atoms. The normalized spacial score (nSPS) is 11.3. The van der Waals surface area contributed by atoms with Crippen molar-refractivity contribution in [3.8, 4) is 0 Å². The second-order valence-corrected chi connectivity index (χ2v) is 8.43. The van der Waals surface area contributed by atoms with Gasteiger partial charge in [0.1, 0.15) is 0 Å². The number of carbonyl (C=O) groups excluding carboxylic acids is 1. The Labute approximate surface area is 165 Å². The molecule has 0 unspecified atom stereocenters. The Kier molecular flexibility index (Phi) is 7.01. The quantitative estimate of drug-likeness (QED) is 0.709. The molecule has 2 amide bonds. The molecule has 0 bridgehead atoms. The molecular formula is C19H22ClN3O3S. The van der Waals surface area contributed by atoms with Crippen molar-refractivity contribution in [2.24, 2.45) is 0 Å². The Morgan fingerprint density at radius 3 is 2.37 bits per heavy atom. The molecule has 0 heterocycles. The molecule has 0 aliphatic carbocycles. The first-order chi connectivity index (χ1) is 12.8. The predicted molar refractivity (Wildman–Crippen MR) is 108 cm³/mol. The van der Waals surface area contributed by atoms with Gasteiger partial charge in [0.2, 0.25) is 10.0 Å². The molecule has 8 heteroatoms. The molecular weight excluding hydrogens is 386 g/mol. The van der Waals surface area contributed by atoms with Crippen molar-refractivity contribution >= 4 is 33.3 Å². The molecule has 0 aliphatic heterocycles. The van der Waals surface area contributed by atoms with E-state index in [4.69, 9.17) is 11.6 Å². The van der Waals surface area contributed by atoms with Crippen LogP contribution >= 0.6 is 11.6 Å². The van der Waals surface area contributed by atoms with E-state index in [1.807, 2.05) is 18.2 Å². The number of amides is 2. The van der Waals surface area contributed by atoms with Crippen LogP contribution in [0.3, 0.4) is 0 Å². The predicted octanol–water partition coefficient (Wildman–Crippen LogP) is 3.81. The van der Waals surface area contributed by atoms with Crippen molar-refractivity contribution in [2.75, 3.05) is 26.0 Å². The Morgan fingerprint density at radius 1 is 1.15 bits per heavy atom. The van der Waals surface area contributed by atoms with Gasteiger partial charge in [-0.15, -0.1) is 6.58 Å². The fourth-order valence-electron chi connectivity index (χ4n) is 2.34. The summed E-state index contributed by atoms with van der Waals surface area (Å²) in [5.74, 6) is 0. The van der Waals surface area contributed by atoms with E-state index in [1.54, 1.807) is 25.2 Å². The molecule has 2 aromatic carbocycles. The van der Waals surface area contributed by atoms with E-state index in [0.717, 1.165) is 5.56 Å². The lowest BCUT2D eigenvalue weighted by Crippen LogP contribution is -2.31. The zero-order valence-electron chi connectivity index (χ0n) is 15.2. The smallest absolute Gasteiger partial charge is 0.321 e. The molecule has 0 saturated heterocycles. The van der Waals surface area contributed by atoms with Crippen molar-refractivity contribution < 1.29 is 13.2 Å². The molecule has 2 rings (SSSR count). The number of hydrogen-bond donors (Lipinski definition) is 1. The third kappa shape index (κ3) is 5.32. The number of hydrogen-bond acceptors (Lipinski definition) is 3. The van der Waals surface area contributed by atoms with Gasteiger partial charge in [0.15, 0.2) is 0 Å². The first kappa shape index (κ1) is 21.0. The van der Waals surface area contributed by atoms with Gasteiger partial charge >= 0.3 is 6.03 Å². The zero-order chi connectivity index (χ0) is 20.0. The van der Waals surface area contributed by atoms with Crippen LogP contribution in [0.15, 0.2) is 66.1 Å². The minimum atomic E-state index is -3.58. The Balaban J connectivity index is 2.04. The van der Waals surface area contributed by atoms with Gasteiger partial charge in [0, 0.05) is 37.9 Å². The summed E-state index contributed by atoms with van der Waals surface area (Å²) in [5.41, 5.74) is 1.33. The number of nitrogens with one attached hydrogen (secondary N) is 1. The van der Waals surface area contributed by atoms with Crippen molar-refractivity contribution in [2.45, 2.75) is 11.4 Å². The molecule has 1 N–H and O–H groups in total. The standard InChI is InChI=1S/C19H22ClN3O3S/c1-4-13-23(3)27(25,26)17-11-9-16(10-12-17)21-19(24)22(2)14-15-7-5-6-8-18(15)20/h4-12H,1,13-14H2,2-3H3,(H,21,24). The maximum absolute atomic E-state index is 12.4. The van der Waals surface area contributed by atoms with Crippen LogP contribution < -0.4 is 5.32 Å². The molecule has 0 saturated carbocycles. The zero-order valence-corrected chi connectivity index (χ0v) is 16.8. The fourth-order valence-corrected chi connectivity index (χ4v) is 3.68. The summed E-state index contributed by atoms with van der Waals surface area (Å²) in [6, 6.07) is 13.0. The van der Waals surface area contributed by atoms with Crippen LogP contribution in [0.1, 0.15) is 5.56 Å². The van der Waals surface area contributed by atoms with E-state index >= 15 is 0 Å². The van der Waals surface area contributed by atoms with Gasteiger partial charge in [-0.05, 0) is 35.9 Å². The van der Waals surface area contributed by atoms with Crippen molar-refractivity contribution in [3.63, 3.8) is 0 Å². The molecule has 0 atom stereocenters. The number of urea groups is 1. The van der Waals surface area contributed by atoms with Crippen LogP contribution in [0.2, 0.25) is 5.02 Å². The van der Waals surface area contributed by atoms with E-state index in [0.29, 0.717) is 17.3 Å². The molecule has 144 valence electrons. The molecule has 0 radical (unpaired) electrons. The molecule has 27 heavy (non-hydrogen) atoms. The van der Waals surface area contributed by atoms with Crippen LogP contribution in [-0.2, 0) is 16.6 Å². The molecule has 6 nitrogen and oxygen atoms in total. The van der Waals surface area contributed by atoms with Crippen LogP contribution in [-0.4, -0.2) is 44.3 Å². The van der Waals surface area contributed by atoms with Gasteiger partial charge in [-0.25, -0.2) is 13.2 Å². The van der Waals surface area contributed by atoms with Crippen LogP contribution in [0.4, 0.5) is 10.5 Å². The van der Waals surface area contributed by atoms with E-state index in [9.17, 15) is 13.2 Å². The summed E-state index contributed by atoms with van der Waals surface area (Å²) >= 11 is 6.12. The number of anilines is 1. The highest BCUT2D eigenvalue weighted by Gasteiger charge is 2.19. The van der Waals surface area contributed by atoms with E-state index in [1.165, 1.54) is 34.5 Å². The fraction of sp³-hybridized carbons (Fsp3) is 0.211. The second kappa shape index (κ2) is 9.03. The second-order valence-electron chi connectivity index (χ2n) is 5.98. The van der Waals surface area contributed by atoms with Gasteiger partial charge in [0.05, 0.1) is 4.90 Å². The van der Waals surface area contributed by atoms with Crippen molar-refractivity contribution in [1.29, 1.82) is 0 Å². The lowest BCUT2D eigenvalue weighted by molar-refractivity contribution is 0.220. The van der Waals surface area contributed by atoms with E-state index in [-0.39, 0.29) is 17.5 Å². The Hall–Kier alpha value is -2.35. The number of sulfonamides is 1. The van der Waals surface area contributed by atoms with Gasteiger partial charge in [0.25, 0.3) is 0 Å². The number of likely N-dealkylation sites (N-methyl/N-ethyl adjacent to an activating group) is 1. The summed E-state index contributed by atoms with van der Waals surface area (Å²) in [5, 5.41) is 3.33. The third-order valence-electron chi connectivity index (χ3n) is 3.91. The number of carbonyl (C=O) groups is 1. The lowest BCUT2D eigenvalue weighted by Gasteiger charge is -2.19. The van der Waals surface area contributed by atoms with Gasteiger partial charge < -0.3 is 10.2 Å². The average molecular weight is 408 g/mol. The minimum absolute atomic E-state index is 0.147. The highest BCUT2D eigenvalue weighted by molar-refractivity contribution is 7.89. The van der Waals surface area contributed by atoms with Crippen molar-refractivity contribution in [1.82, 2.24) is 9.21 Å². The van der Waals surface area contributed by atoms with Crippen molar-refractivity contribution in [3.05, 3.63) is 71.8 Å². The largest absolute Gasteiger partial charge is 0.323 e. The van der Waals surface area contributed by atoms with E-state index < -0.39 is 10.0 Å². The van der Waals surface area contributed by atoms with Gasteiger partial charge in [-0.3, -0.25) is 0 Å². The highest BCUT2D eigenvalue weighted by Crippen LogP contribution is 2.19. The molecule has 0 aromatic heterocycles. The lowest BCUT2D eigenvalue weighted by atomic mass is 10.2. The summed E-state index contributed by atoms with van der Waals surface area (Å²) in [7, 11) is -0.447. The number of nitrogens with zero attached hydrogens (tertiary/aromatic N) is 2. The third-order valence-corrected chi connectivity index (χ3v) is 6.12. The topological polar surface area (TPSA) is 69.7 Å². The first-order valence-corrected chi connectivity index (χ1v) is 10.0. The van der Waals surface area contributed by atoms with Crippen LogP contribution in [0.25, 0.3) is 0 Å². The van der Waals surface area contributed by atoms with E-state index in [2.05, 4.69) is 11.9 Å². The Morgan fingerprint density at radius 2 is 1.78 bits per heavy atom. The SMILES string of the molecule is C=CCN(C)S(=O)(=O)c1ccc(NC(=O)N(C)Cc2ccccc2Cl)cc1. The average Bonchev–Trinajstić information content (AvgIpc) is 2.64. The molecule has 0 aliphatic rings. The number of halogens is 1. The molecule has 0 fully saturated rings. The molecule has 2 aromatic rings. The van der Waals surface area contributed by atoms with Crippen LogP contribution in [0.5, 0.6) is 0 Å². The Bertz CT molecular complexity index is 914. The maximum Gasteiger partial charge on any atom is 0.321 e. The van der Waals surface area contributed by atoms with Crippen LogP contribution in [0, 0.1) is 0 Å². The monoisotopic (exact) mass is 407 g/mol. The minimum Gasteiger partial charge on any atom is -0.323 e. The first-order valence-electron chi connectivity index (χ1n) is 8.18. The maximum atomic E-state index is 12.4.